The van der Waals surface area contributed by atoms with Gasteiger partial charge in [0.25, 0.3) is 5.91 Å². The van der Waals surface area contributed by atoms with Crippen molar-refractivity contribution in [3.8, 4) is 30.5 Å². The summed E-state index contributed by atoms with van der Waals surface area (Å²) in [5.74, 6) is 0.247. The number of benzene rings is 1. The van der Waals surface area contributed by atoms with E-state index < -0.39 is 0 Å². The van der Waals surface area contributed by atoms with Gasteiger partial charge >= 0.3 is 0 Å². The molecule has 2 aromatic heterocycles. The van der Waals surface area contributed by atoms with Crippen LogP contribution in [-0.4, -0.2) is 50.0 Å². The summed E-state index contributed by atoms with van der Waals surface area (Å²) in [7, 11) is 0. The predicted octanol–water partition coefficient (Wildman–Crippen LogP) is 3.12. The highest BCUT2D eigenvalue weighted by Crippen LogP contribution is 2.23. The lowest BCUT2D eigenvalue weighted by Crippen LogP contribution is -2.44. The van der Waals surface area contributed by atoms with Gasteiger partial charge in [-0.15, -0.1) is 12.8 Å². The van der Waals surface area contributed by atoms with E-state index in [1.165, 1.54) is 11.0 Å². The molecule has 9 heteroatoms. The van der Waals surface area contributed by atoms with E-state index in [0.29, 0.717) is 40.8 Å². The lowest BCUT2D eigenvalue weighted by atomic mass is 10.1. The molecule has 0 N–H and O–H groups in total. The maximum Gasteiger partial charge on any atom is 0.256 e. The molecule has 1 amide bonds. The average molecular weight is 435 g/mol. The van der Waals surface area contributed by atoms with Crippen molar-refractivity contribution in [3.05, 3.63) is 65.1 Å². The van der Waals surface area contributed by atoms with Crippen LogP contribution in [0.25, 0.3) is 5.69 Å². The number of rotatable bonds is 4. The van der Waals surface area contributed by atoms with E-state index in [4.69, 9.17) is 21.6 Å². The molecule has 1 atom stereocenters. The molecule has 1 saturated heterocycles. The number of amides is 1. The number of nitrogens with zero attached hydrogens (tertiary/aromatic N) is 6. The normalized spacial score (nSPS) is 15.3. The summed E-state index contributed by atoms with van der Waals surface area (Å²) < 4.78 is 5.93. The first-order chi connectivity index (χ1) is 15.1. The summed E-state index contributed by atoms with van der Waals surface area (Å²) in [6.45, 7) is 1.05. The van der Waals surface area contributed by atoms with E-state index in [1.807, 2.05) is 0 Å². The van der Waals surface area contributed by atoms with Crippen molar-refractivity contribution in [1.82, 2.24) is 24.9 Å². The number of terminal acetylenes is 1. The molecule has 8 nitrogen and oxygen atoms in total. The number of hydrogen-bond donors (Lipinski definition) is 0. The van der Waals surface area contributed by atoms with E-state index in [1.54, 1.807) is 47.6 Å². The van der Waals surface area contributed by atoms with Gasteiger partial charge in [0.1, 0.15) is 6.10 Å². The molecule has 0 unspecified atom stereocenters. The Kier molecular flexibility index (Phi) is 7.21. The summed E-state index contributed by atoms with van der Waals surface area (Å²) in [6, 6.07) is 10.3. The van der Waals surface area contributed by atoms with Gasteiger partial charge in [0.05, 0.1) is 41.8 Å². The number of ether oxygens (including phenoxy) is 1. The van der Waals surface area contributed by atoms with Crippen LogP contribution in [0, 0.1) is 24.2 Å². The van der Waals surface area contributed by atoms with E-state index in [2.05, 4.69) is 34.1 Å². The van der Waals surface area contributed by atoms with Crippen LogP contribution in [0.4, 0.5) is 0 Å². The molecule has 1 aliphatic rings. The van der Waals surface area contributed by atoms with Crippen molar-refractivity contribution in [2.24, 2.45) is 0 Å². The van der Waals surface area contributed by atoms with Gasteiger partial charge in [-0.05, 0) is 37.1 Å². The Bertz CT molecular complexity index is 1110. The Labute approximate surface area is 185 Å². The van der Waals surface area contributed by atoms with Crippen LogP contribution >= 0.6 is 11.6 Å². The molecule has 0 bridgehead atoms. The Morgan fingerprint density at radius 1 is 1.19 bits per heavy atom. The molecule has 3 heterocycles. The van der Waals surface area contributed by atoms with Gasteiger partial charge in [0, 0.05) is 23.8 Å². The zero-order valence-electron chi connectivity index (χ0n) is 16.6. The van der Waals surface area contributed by atoms with Crippen LogP contribution in [0.2, 0.25) is 5.02 Å². The van der Waals surface area contributed by atoms with Gasteiger partial charge in [0.2, 0.25) is 5.88 Å². The minimum absolute atomic E-state index is 0.138. The zero-order valence-corrected chi connectivity index (χ0v) is 17.3. The standard InChI is InChI=1S/C20H17ClN6O2.C2H2/c21-15-3-4-17(18(11-15)27-24-7-8-25-27)20(28)26-9-1-2-16(13-26)29-19-10-14(12-22)5-6-23-19;1-2/h3-8,10-11,16H,1-2,9,13H2;1-2H/t16-;/m1./s1. The van der Waals surface area contributed by atoms with Crippen molar-refractivity contribution in [1.29, 1.82) is 5.26 Å². The number of carbonyl (C=O) groups is 1. The molecule has 3 aromatic rings. The first-order valence-corrected chi connectivity index (χ1v) is 9.83. The highest BCUT2D eigenvalue weighted by molar-refractivity contribution is 6.31. The second kappa shape index (κ2) is 10.2. The van der Waals surface area contributed by atoms with Crippen LogP contribution < -0.4 is 4.74 Å². The molecular weight excluding hydrogens is 416 g/mol. The number of carbonyl (C=O) groups excluding carboxylic acids is 1. The summed E-state index contributed by atoms with van der Waals surface area (Å²) in [6.07, 6.45) is 14.0. The monoisotopic (exact) mass is 434 g/mol. The third-order valence-corrected chi connectivity index (χ3v) is 4.88. The quantitative estimate of drug-likeness (QED) is 0.585. The summed E-state index contributed by atoms with van der Waals surface area (Å²) in [4.78, 5) is 20.5. The van der Waals surface area contributed by atoms with Gasteiger partial charge in [-0.1, -0.05) is 11.6 Å². The number of piperidine rings is 1. The van der Waals surface area contributed by atoms with Gasteiger partial charge in [0.15, 0.2) is 0 Å². The number of nitriles is 1. The molecule has 31 heavy (non-hydrogen) atoms. The van der Waals surface area contributed by atoms with E-state index in [-0.39, 0.29) is 12.0 Å². The molecule has 0 spiro atoms. The Morgan fingerprint density at radius 2 is 1.97 bits per heavy atom. The summed E-state index contributed by atoms with van der Waals surface area (Å²) in [5.41, 5.74) is 1.48. The van der Waals surface area contributed by atoms with Crippen molar-refractivity contribution < 1.29 is 9.53 Å². The Balaban J connectivity index is 0.00000132. The summed E-state index contributed by atoms with van der Waals surface area (Å²) >= 11 is 6.12. The number of aromatic nitrogens is 4. The maximum absolute atomic E-state index is 13.2. The first-order valence-electron chi connectivity index (χ1n) is 9.45. The molecule has 0 saturated carbocycles. The van der Waals surface area contributed by atoms with Crippen LogP contribution in [0.15, 0.2) is 48.9 Å². The average Bonchev–Trinajstić information content (AvgIpc) is 3.35. The van der Waals surface area contributed by atoms with Crippen LogP contribution in [0.5, 0.6) is 5.88 Å². The second-order valence-electron chi connectivity index (χ2n) is 6.61. The van der Waals surface area contributed by atoms with E-state index in [9.17, 15) is 4.79 Å². The van der Waals surface area contributed by atoms with Crippen molar-refractivity contribution in [3.63, 3.8) is 0 Å². The van der Waals surface area contributed by atoms with Crippen molar-refractivity contribution in [2.45, 2.75) is 18.9 Å². The zero-order chi connectivity index (χ0) is 22.2. The fraction of sp³-hybridized carbons (Fsp3) is 0.227. The molecular formula is C22H19ClN6O2. The van der Waals surface area contributed by atoms with Gasteiger partial charge in [-0.3, -0.25) is 4.79 Å². The maximum atomic E-state index is 13.2. The SMILES string of the molecule is C#C.N#Cc1ccnc(O[C@@H]2CCCN(C(=O)c3ccc(Cl)cc3-n3nccn3)C2)c1. The van der Waals surface area contributed by atoms with Crippen molar-refractivity contribution in [2.75, 3.05) is 13.1 Å². The second-order valence-corrected chi connectivity index (χ2v) is 7.04. The highest BCUT2D eigenvalue weighted by Gasteiger charge is 2.28. The van der Waals surface area contributed by atoms with Crippen LogP contribution in [0.3, 0.4) is 0 Å². The number of hydrogen-bond acceptors (Lipinski definition) is 6. The lowest BCUT2D eigenvalue weighted by Gasteiger charge is -2.33. The fourth-order valence-electron chi connectivity index (χ4n) is 3.29. The third-order valence-electron chi connectivity index (χ3n) is 4.64. The lowest BCUT2D eigenvalue weighted by molar-refractivity contribution is 0.0527. The molecule has 4 rings (SSSR count). The molecule has 1 aromatic carbocycles. The van der Waals surface area contributed by atoms with Crippen LogP contribution in [-0.2, 0) is 0 Å². The number of likely N-dealkylation sites (tertiary alicyclic amines) is 1. The highest BCUT2D eigenvalue weighted by atomic mass is 35.5. The molecule has 0 radical (unpaired) electrons. The minimum atomic E-state index is -0.201. The Morgan fingerprint density at radius 3 is 2.71 bits per heavy atom. The summed E-state index contributed by atoms with van der Waals surface area (Å²) in [5, 5.41) is 17.8. The predicted molar refractivity (Wildman–Crippen MR) is 115 cm³/mol. The van der Waals surface area contributed by atoms with Crippen LogP contribution in [0.1, 0.15) is 28.8 Å². The Hall–Kier alpha value is -3.88. The topological polar surface area (TPSA) is 96.9 Å². The largest absolute Gasteiger partial charge is 0.472 e. The van der Waals surface area contributed by atoms with Gasteiger partial charge < -0.3 is 9.64 Å². The smallest absolute Gasteiger partial charge is 0.256 e. The number of pyridine rings is 1. The molecule has 156 valence electrons. The fourth-order valence-corrected chi connectivity index (χ4v) is 3.46. The first kappa shape index (κ1) is 21.8. The van der Waals surface area contributed by atoms with Gasteiger partial charge in [-0.25, -0.2) is 4.98 Å². The molecule has 1 aliphatic heterocycles. The molecule has 0 aliphatic carbocycles. The van der Waals surface area contributed by atoms with Crippen molar-refractivity contribution >= 4 is 17.5 Å². The number of halogens is 1. The van der Waals surface area contributed by atoms with Gasteiger partial charge in [-0.2, -0.15) is 20.3 Å². The minimum Gasteiger partial charge on any atom is -0.472 e. The molecule has 1 fully saturated rings. The van der Waals surface area contributed by atoms with E-state index >= 15 is 0 Å². The van der Waals surface area contributed by atoms with E-state index in [0.717, 1.165) is 12.8 Å². The third kappa shape index (κ3) is 5.19.